The minimum Gasteiger partial charge on any atom is -0.507 e. The number of methoxy groups -OCH3 is 2. The van der Waals surface area contributed by atoms with Crippen LogP contribution < -0.4 is 9.47 Å². The zero-order chi connectivity index (χ0) is 24.3. The van der Waals surface area contributed by atoms with Crippen LogP contribution in [-0.2, 0) is 14.3 Å². The number of Topliss-reactive ketones (excluding diaryl/α,β-unsaturated/α-hetero) is 1. The molecule has 2 aromatic carbocycles. The second-order valence-electron chi connectivity index (χ2n) is 7.78. The van der Waals surface area contributed by atoms with E-state index in [0.717, 1.165) is 5.56 Å². The van der Waals surface area contributed by atoms with E-state index in [9.17, 15) is 19.8 Å². The number of ketones is 1. The molecule has 176 valence electrons. The summed E-state index contributed by atoms with van der Waals surface area (Å²) in [4.78, 5) is 27.4. The second-order valence-corrected chi connectivity index (χ2v) is 7.78. The molecule has 0 aromatic heterocycles. The van der Waals surface area contributed by atoms with Gasteiger partial charge in [0.2, 0.25) is 0 Å². The molecule has 1 unspecified atom stereocenters. The summed E-state index contributed by atoms with van der Waals surface area (Å²) in [5.74, 6) is -0.964. The van der Waals surface area contributed by atoms with Gasteiger partial charge in [0, 0.05) is 19.2 Å². The van der Waals surface area contributed by atoms with Gasteiger partial charge < -0.3 is 29.3 Å². The van der Waals surface area contributed by atoms with E-state index >= 15 is 0 Å². The van der Waals surface area contributed by atoms with Gasteiger partial charge in [-0.2, -0.15) is 0 Å². The molecule has 1 aliphatic heterocycles. The zero-order valence-corrected chi connectivity index (χ0v) is 19.5. The minimum atomic E-state index is -0.873. The number of amides is 1. The molecule has 0 aliphatic carbocycles. The van der Waals surface area contributed by atoms with Crippen molar-refractivity contribution in [1.29, 1.82) is 0 Å². The average molecular weight is 456 g/mol. The maximum atomic E-state index is 13.1. The summed E-state index contributed by atoms with van der Waals surface area (Å²) in [6.07, 6.45) is 0. The lowest BCUT2D eigenvalue weighted by Crippen LogP contribution is -2.32. The molecule has 2 aromatic rings. The van der Waals surface area contributed by atoms with Crippen LogP contribution in [0.5, 0.6) is 17.2 Å². The third-order valence-electron chi connectivity index (χ3n) is 5.67. The Kier molecular flexibility index (Phi) is 7.28. The summed E-state index contributed by atoms with van der Waals surface area (Å²) in [7, 11) is 3.06. The van der Waals surface area contributed by atoms with E-state index in [1.165, 1.54) is 18.1 Å². The first-order valence-corrected chi connectivity index (χ1v) is 10.6. The number of carbonyl (C=O) groups is 2. The molecule has 3 rings (SSSR count). The summed E-state index contributed by atoms with van der Waals surface area (Å²) in [6, 6.07) is 7.25. The van der Waals surface area contributed by atoms with Crippen LogP contribution >= 0.6 is 0 Å². The highest BCUT2D eigenvalue weighted by molar-refractivity contribution is 6.46. The van der Waals surface area contributed by atoms with E-state index < -0.39 is 17.7 Å². The van der Waals surface area contributed by atoms with Crippen molar-refractivity contribution in [3.8, 4) is 17.2 Å². The SMILES string of the molecule is CCOc1cc(C2/C(=C(\O)c3cc(C)c(OC)cc3C)C(=O)C(=O)N2CCOC)ccc1O. The van der Waals surface area contributed by atoms with Crippen LogP contribution in [0.1, 0.15) is 35.2 Å². The molecule has 33 heavy (non-hydrogen) atoms. The largest absolute Gasteiger partial charge is 0.507 e. The summed E-state index contributed by atoms with van der Waals surface area (Å²) in [5, 5.41) is 21.4. The maximum Gasteiger partial charge on any atom is 0.295 e. The number of benzene rings is 2. The molecular formula is C25H29NO7. The summed E-state index contributed by atoms with van der Waals surface area (Å²) >= 11 is 0. The molecule has 1 saturated heterocycles. The highest BCUT2D eigenvalue weighted by atomic mass is 16.5. The maximum absolute atomic E-state index is 13.1. The number of rotatable bonds is 8. The summed E-state index contributed by atoms with van der Waals surface area (Å²) < 4.78 is 16.0. The van der Waals surface area contributed by atoms with Crippen molar-refractivity contribution in [3.05, 3.63) is 58.2 Å². The number of aromatic hydroxyl groups is 1. The van der Waals surface area contributed by atoms with E-state index in [1.807, 2.05) is 6.92 Å². The lowest BCUT2D eigenvalue weighted by atomic mass is 9.93. The Bertz CT molecular complexity index is 1110. The first kappa shape index (κ1) is 24.1. The van der Waals surface area contributed by atoms with Crippen LogP contribution in [-0.4, -0.2) is 60.8 Å². The number of hydrogen-bond donors (Lipinski definition) is 2. The zero-order valence-electron chi connectivity index (χ0n) is 19.5. The predicted molar refractivity (Wildman–Crippen MR) is 123 cm³/mol. The normalized spacial score (nSPS) is 17.5. The van der Waals surface area contributed by atoms with Gasteiger partial charge in [-0.1, -0.05) is 6.07 Å². The standard InChI is InChI=1S/C25H29NO7/c1-6-33-20-13-16(7-8-18(20)27)22-21(24(29)25(30)26(22)9-10-31-4)23(28)17-11-15(3)19(32-5)12-14(17)2/h7-8,11-13,22,27-28H,6,9-10H2,1-5H3/b23-21+. The van der Waals surface area contributed by atoms with Crippen molar-refractivity contribution in [1.82, 2.24) is 4.90 Å². The lowest BCUT2D eigenvalue weighted by molar-refractivity contribution is -0.140. The van der Waals surface area contributed by atoms with E-state index in [0.29, 0.717) is 29.0 Å². The number of phenolic OH excluding ortho intramolecular Hbond substituents is 1. The van der Waals surface area contributed by atoms with Gasteiger partial charge in [0.25, 0.3) is 11.7 Å². The molecule has 0 bridgehead atoms. The van der Waals surface area contributed by atoms with Gasteiger partial charge in [-0.05, 0) is 61.7 Å². The first-order chi connectivity index (χ1) is 15.7. The van der Waals surface area contributed by atoms with Crippen LogP contribution in [0.15, 0.2) is 35.9 Å². The van der Waals surface area contributed by atoms with Crippen LogP contribution in [0.25, 0.3) is 5.76 Å². The van der Waals surface area contributed by atoms with Gasteiger partial charge in [-0.15, -0.1) is 0 Å². The molecule has 0 radical (unpaired) electrons. The number of hydrogen-bond acceptors (Lipinski definition) is 7. The highest BCUT2D eigenvalue weighted by Gasteiger charge is 2.46. The number of ether oxygens (including phenoxy) is 3. The number of aliphatic hydroxyl groups is 1. The van der Waals surface area contributed by atoms with Crippen molar-refractivity contribution in [2.75, 3.05) is 34.0 Å². The monoisotopic (exact) mass is 455 g/mol. The summed E-state index contributed by atoms with van der Waals surface area (Å²) in [5.41, 5.74) is 2.40. The van der Waals surface area contributed by atoms with E-state index in [4.69, 9.17) is 14.2 Å². The minimum absolute atomic E-state index is 0.0306. The van der Waals surface area contributed by atoms with E-state index in [1.54, 1.807) is 45.2 Å². The Morgan fingerprint density at radius 3 is 2.42 bits per heavy atom. The average Bonchev–Trinajstić information content (AvgIpc) is 3.04. The topological polar surface area (TPSA) is 106 Å². The fourth-order valence-corrected chi connectivity index (χ4v) is 4.03. The number of nitrogens with zero attached hydrogens (tertiary/aromatic N) is 1. The fraction of sp³-hybridized carbons (Fsp3) is 0.360. The first-order valence-electron chi connectivity index (χ1n) is 10.6. The van der Waals surface area contributed by atoms with Crippen LogP contribution in [0.2, 0.25) is 0 Å². The Labute approximate surface area is 193 Å². The van der Waals surface area contributed by atoms with Crippen molar-refractivity contribution in [3.63, 3.8) is 0 Å². The molecule has 8 heteroatoms. The van der Waals surface area contributed by atoms with Crippen molar-refractivity contribution in [2.24, 2.45) is 0 Å². The van der Waals surface area contributed by atoms with Gasteiger partial charge in [0.1, 0.15) is 11.5 Å². The molecule has 8 nitrogen and oxygen atoms in total. The number of phenols is 1. The van der Waals surface area contributed by atoms with Gasteiger partial charge in [-0.3, -0.25) is 9.59 Å². The third-order valence-corrected chi connectivity index (χ3v) is 5.67. The molecule has 1 fully saturated rings. The molecule has 1 atom stereocenters. The Balaban J connectivity index is 2.23. The smallest absolute Gasteiger partial charge is 0.295 e. The number of carbonyl (C=O) groups excluding carboxylic acids is 2. The second kappa shape index (κ2) is 9.95. The Morgan fingerprint density at radius 1 is 1.06 bits per heavy atom. The van der Waals surface area contributed by atoms with Gasteiger partial charge in [0.15, 0.2) is 11.5 Å². The lowest BCUT2D eigenvalue weighted by Gasteiger charge is -2.25. The van der Waals surface area contributed by atoms with Crippen LogP contribution in [0, 0.1) is 13.8 Å². The number of aliphatic hydroxyl groups excluding tert-OH is 1. The third kappa shape index (κ3) is 4.52. The molecule has 0 spiro atoms. The van der Waals surface area contributed by atoms with Gasteiger partial charge >= 0.3 is 0 Å². The van der Waals surface area contributed by atoms with Crippen molar-refractivity contribution < 1.29 is 34.0 Å². The molecule has 0 saturated carbocycles. The van der Waals surface area contributed by atoms with Crippen LogP contribution in [0.3, 0.4) is 0 Å². The summed E-state index contributed by atoms with van der Waals surface area (Å²) in [6.45, 7) is 6.09. The predicted octanol–water partition coefficient (Wildman–Crippen LogP) is 3.48. The Morgan fingerprint density at radius 2 is 1.79 bits per heavy atom. The highest BCUT2D eigenvalue weighted by Crippen LogP contribution is 2.42. The molecule has 1 heterocycles. The molecule has 1 aliphatic rings. The molecule has 1 amide bonds. The number of aryl methyl sites for hydroxylation is 2. The van der Waals surface area contributed by atoms with E-state index in [-0.39, 0.29) is 36.0 Å². The van der Waals surface area contributed by atoms with Gasteiger partial charge in [-0.25, -0.2) is 0 Å². The van der Waals surface area contributed by atoms with Crippen LogP contribution in [0.4, 0.5) is 0 Å². The van der Waals surface area contributed by atoms with Crippen molar-refractivity contribution in [2.45, 2.75) is 26.8 Å². The van der Waals surface area contributed by atoms with Crippen molar-refractivity contribution >= 4 is 17.4 Å². The van der Waals surface area contributed by atoms with E-state index in [2.05, 4.69) is 0 Å². The van der Waals surface area contributed by atoms with Gasteiger partial charge in [0.05, 0.1) is 31.9 Å². The fourth-order valence-electron chi connectivity index (χ4n) is 4.03. The Hall–Kier alpha value is -3.52. The number of likely N-dealkylation sites (tertiary alicyclic amines) is 1. The molecular weight excluding hydrogens is 426 g/mol. The molecule has 2 N–H and O–H groups in total. The quantitative estimate of drug-likeness (QED) is 0.357.